The topological polar surface area (TPSA) is 44.9 Å². The molecule has 0 bridgehead atoms. The number of unbranched alkanes of at least 4 members (excludes halogenated alkanes) is 3. The summed E-state index contributed by atoms with van der Waals surface area (Å²) in [5.74, 6) is -0.245. The van der Waals surface area contributed by atoms with Gasteiger partial charge in [0.15, 0.2) is 0 Å². The molecule has 3 rings (SSSR count). The van der Waals surface area contributed by atoms with Crippen LogP contribution in [0.5, 0.6) is 0 Å². The minimum absolute atomic E-state index is 0.245. The Morgan fingerprint density at radius 3 is 2.15 bits per heavy atom. The molecule has 2 aromatic heterocycles. The maximum Gasteiger partial charge on any atom is 0.128 e. The summed E-state index contributed by atoms with van der Waals surface area (Å²) in [5, 5.41) is 8.77. The van der Waals surface area contributed by atoms with Crippen LogP contribution in [0.1, 0.15) is 84.4 Å². The molecule has 0 atom stereocenters. The van der Waals surface area contributed by atoms with E-state index in [1.807, 2.05) is 27.8 Å². The summed E-state index contributed by atoms with van der Waals surface area (Å²) in [6, 6.07) is 6.68. The number of hydrogen-bond donors (Lipinski definition) is 0. The molecule has 40 heavy (non-hydrogen) atoms. The van der Waals surface area contributed by atoms with Gasteiger partial charge in [0.25, 0.3) is 0 Å². The van der Waals surface area contributed by atoms with Crippen molar-refractivity contribution >= 4 is 56.9 Å². The van der Waals surface area contributed by atoms with Gasteiger partial charge in [-0.3, -0.25) is 4.68 Å². The maximum atomic E-state index is 13.3. The van der Waals surface area contributed by atoms with Crippen LogP contribution in [0.3, 0.4) is 0 Å². The molecule has 1 aromatic carbocycles. The van der Waals surface area contributed by atoms with Crippen LogP contribution in [0.2, 0.25) is 13.3 Å². The van der Waals surface area contributed by atoms with E-state index in [9.17, 15) is 4.39 Å². The third kappa shape index (κ3) is 10.7. The van der Waals surface area contributed by atoms with E-state index in [1.165, 1.54) is 67.7 Å². The molecular weight excluding hydrogens is 789 g/mol. The third-order valence-electron chi connectivity index (χ3n) is 7.22. The van der Waals surface area contributed by atoms with Gasteiger partial charge in [-0.05, 0) is 75.3 Å². The van der Waals surface area contributed by atoms with Crippen LogP contribution in [-0.4, -0.2) is 44.5 Å². The molecule has 0 fully saturated rings. The Morgan fingerprint density at radius 1 is 1.02 bits per heavy atom. The van der Waals surface area contributed by atoms with E-state index >= 15 is 0 Å². The van der Waals surface area contributed by atoms with Gasteiger partial charge in [-0.2, -0.15) is 10.2 Å². The van der Waals surface area contributed by atoms with E-state index in [-0.39, 0.29) is 5.82 Å². The fourth-order valence-electron chi connectivity index (χ4n) is 4.92. The van der Waals surface area contributed by atoms with Crippen LogP contribution < -0.4 is 0 Å². The fourth-order valence-corrected chi connectivity index (χ4v) is 20.7. The molecule has 222 valence electrons. The number of aromatic nitrogens is 4. The second kappa shape index (κ2) is 18.6. The quantitative estimate of drug-likeness (QED) is 0.0821. The molecule has 9 heteroatoms. The first-order chi connectivity index (χ1) is 19.2. The second-order valence-corrected chi connectivity index (χ2v) is 25.5. The standard InChI is InChI=1S/C15H13BrFIN4.C4H7O.3C4H9.Sn/c1-2-21-9-10(8-19-21)5-12-7-15(16)20-22(12)14-4-3-11(17)6-13(14)18;1-3-5-4-2;3*1-3-4-2;/h3-4,6-9H,2,5H2,1H3;1,4H2,2H3;3*1,3-4H2,2H3;. The minimum atomic E-state index is -2.24. The number of aryl methyl sites for hydroxylation is 1. The average Bonchev–Trinajstić information content (AvgIpc) is 3.54. The number of rotatable bonds is 16. The zero-order chi connectivity index (χ0) is 29.5. The Morgan fingerprint density at radius 2 is 1.65 bits per heavy atom. The maximum absolute atomic E-state index is 13.3. The molecule has 0 aliphatic carbocycles. The number of nitrogens with zero attached hydrogens (tertiary/aromatic N) is 4. The molecule has 0 saturated heterocycles. The minimum Gasteiger partial charge on any atom is -0.273 e. The van der Waals surface area contributed by atoms with Crippen LogP contribution in [0, 0.1) is 9.39 Å². The smallest absolute Gasteiger partial charge is 0.128 e. The van der Waals surface area contributed by atoms with Crippen LogP contribution in [0.4, 0.5) is 4.39 Å². The van der Waals surface area contributed by atoms with Crippen LogP contribution >= 0.6 is 38.5 Å². The van der Waals surface area contributed by atoms with Gasteiger partial charge >= 0.3 is 120 Å². The first-order valence-electron chi connectivity index (χ1n) is 14.8. The normalized spacial score (nSPS) is 11.3. The molecule has 3 aromatic rings. The third-order valence-corrected chi connectivity index (χ3v) is 23.5. The van der Waals surface area contributed by atoms with Crippen molar-refractivity contribution in [1.29, 1.82) is 0 Å². The van der Waals surface area contributed by atoms with Crippen molar-refractivity contribution in [3.63, 3.8) is 0 Å². The van der Waals surface area contributed by atoms with Gasteiger partial charge in [-0.1, -0.05) is 0 Å². The molecule has 5 nitrogen and oxygen atoms in total. The van der Waals surface area contributed by atoms with Gasteiger partial charge in [0, 0.05) is 28.4 Å². The molecule has 0 aliphatic rings. The number of ether oxygens (including phenoxy) is 1. The van der Waals surface area contributed by atoms with Gasteiger partial charge in [0.2, 0.25) is 0 Å². The SMILES string of the molecule is C=[C](OCC)[Sn]([CH2]CCC)([CH2]CCC)[CH2]CCC.CCn1cc(Cc2cc(Br)nn2-c2ccc(F)cc2I)cn1. The number of benzene rings is 1. The van der Waals surface area contributed by atoms with Crippen molar-refractivity contribution in [2.24, 2.45) is 0 Å². The van der Waals surface area contributed by atoms with E-state index in [0.29, 0.717) is 6.42 Å². The average molecular weight is 836 g/mol. The van der Waals surface area contributed by atoms with Gasteiger partial charge in [0.05, 0.1) is 11.9 Å². The summed E-state index contributed by atoms with van der Waals surface area (Å²) in [6.45, 7) is 17.1. The first-order valence-corrected chi connectivity index (χ1v) is 24.1. The second-order valence-electron chi connectivity index (χ2n) is 10.3. The molecule has 0 spiro atoms. The molecule has 2 heterocycles. The Bertz CT molecular complexity index is 1160. The van der Waals surface area contributed by atoms with Crippen molar-refractivity contribution in [2.45, 2.75) is 99.4 Å². The molecular formula is C31H47BrFIN4OSn. The van der Waals surface area contributed by atoms with Crippen LogP contribution in [0.25, 0.3) is 5.69 Å². The van der Waals surface area contributed by atoms with Crippen molar-refractivity contribution in [3.8, 4) is 5.69 Å². The molecule has 0 unspecified atom stereocenters. The largest absolute Gasteiger partial charge is 0.273 e. The van der Waals surface area contributed by atoms with Gasteiger partial charge in [0.1, 0.15) is 10.4 Å². The van der Waals surface area contributed by atoms with E-state index in [2.05, 4.69) is 89.9 Å². The van der Waals surface area contributed by atoms with E-state index < -0.39 is 18.4 Å². The zero-order valence-electron chi connectivity index (χ0n) is 25.0. The van der Waals surface area contributed by atoms with Crippen molar-refractivity contribution in [1.82, 2.24) is 19.6 Å². The van der Waals surface area contributed by atoms with Crippen molar-refractivity contribution in [3.05, 3.63) is 72.3 Å². The zero-order valence-corrected chi connectivity index (χ0v) is 31.6. The van der Waals surface area contributed by atoms with Crippen molar-refractivity contribution in [2.75, 3.05) is 6.61 Å². The van der Waals surface area contributed by atoms with Crippen molar-refractivity contribution < 1.29 is 9.13 Å². The van der Waals surface area contributed by atoms with E-state index in [1.54, 1.807) is 6.07 Å². The number of hydrogen-bond acceptors (Lipinski definition) is 3. The Balaban J connectivity index is 0.000000288. The summed E-state index contributed by atoms with van der Waals surface area (Å²) in [5.41, 5.74) is 3.00. The van der Waals surface area contributed by atoms with Gasteiger partial charge < -0.3 is 0 Å². The molecule has 0 N–H and O–H groups in total. The Hall–Kier alpha value is -0.881. The predicted octanol–water partition coefficient (Wildman–Crippen LogP) is 10.1. The predicted molar refractivity (Wildman–Crippen MR) is 180 cm³/mol. The summed E-state index contributed by atoms with van der Waals surface area (Å²) >= 11 is 3.30. The molecule has 0 radical (unpaired) electrons. The van der Waals surface area contributed by atoms with Crippen LogP contribution in [-0.2, 0) is 17.7 Å². The van der Waals surface area contributed by atoms with Gasteiger partial charge in [-0.25, -0.2) is 9.07 Å². The summed E-state index contributed by atoms with van der Waals surface area (Å²) < 4.78 is 30.2. The Kier molecular flexibility index (Phi) is 16.4. The van der Waals surface area contributed by atoms with Crippen LogP contribution in [0.15, 0.2) is 51.6 Å². The fraction of sp³-hybridized carbons (Fsp3) is 0.548. The van der Waals surface area contributed by atoms with Gasteiger partial charge in [-0.15, -0.1) is 0 Å². The molecule has 0 aliphatic heterocycles. The molecule has 0 saturated carbocycles. The Labute approximate surface area is 267 Å². The summed E-state index contributed by atoms with van der Waals surface area (Å²) in [4.78, 5) is 0. The summed E-state index contributed by atoms with van der Waals surface area (Å²) in [7, 11) is 0. The first kappa shape index (κ1) is 35.3. The summed E-state index contributed by atoms with van der Waals surface area (Å²) in [6.07, 6.45) is 12.7. The molecule has 0 amide bonds. The van der Waals surface area contributed by atoms with E-state index in [4.69, 9.17) is 4.74 Å². The number of halogens is 3. The van der Waals surface area contributed by atoms with E-state index in [0.717, 1.165) is 38.3 Å². The monoisotopic (exact) mass is 836 g/mol.